The van der Waals surface area contributed by atoms with E-state index < -0.39 is 0 Å². The second-order valence-corrected chi connectivity index (χ2v) is 7.41. The summed E-state index contributed by atoms with van der Waals surface area (Å²) in [5.74, 6) is -0.368. The number of halogens is 1. The lowest BCUT2D eigenvalue weighted by molar-refractivity contribution is -0.121. The lowest BCUT2D eigenvalue weighted by Gasteiger charge is -2.27. The Bertz CT molecular complexity index is 857. The van der Waals surface area contributed by atoms with Gasteiger partial charge in [0.1, 0.15) is 0 Å². The Morgan fingerprint density at radius 1 is 0.857 bits per heavy atom. The van der Waals surface area contributed by atoms with Crippen molar-refractivity contribution in [3.05, 3.63) is 107 Å². The first-order valence-corrected chi connectivity index (χ1v) is 9.74. The third-order valence-electron chi connectivity index (χ3n) is 4.89. The molecule has 0 aliphatic rings. The first-order valence-electron chi connectivity index (χ1n) is 9.36. The van der Waals surface area contributed by atoms with Gasteiger partial charge in [-0.3, -0.25) is 4.79 Å². The molecule has 144 valence electrons. The van der Waals surface area contributed by atoms with Gasteiger partial charge in [-0.2, -0.15) is 0 Å². The molecule has 0 radical (unpaired) electrons. The van der Waals surface area contributed by atoms with E-state index in [2.05, 4.69) is 10.2 Å². The zero-order valence-electron chi connectivity index (χ0n) is 16.2. The zero-order chi connectivity index (χ0) is 19.9. The first kappa shape index (κ1) is 20.1. The van der Waals surface area contributed by atoms with Crippen LogP contribution in [-0.2, 0) is 4.79 Å². The van der Waals surface area contributed by atoms with Gasteiger partial charge in [-0.1, -0.05) is 90.5 Å². The molecule has 3 aromatic rings. The van der Waals surface area contributed by atoms with Crippen molar-refractivity contribution in [3.63, 3.8) is 0 Å². The number of nitrogens with one attached hydrogen (secondary N) is 1. The second-order valence-electron chi connectivity index (χ2n) is 7.00. The van der Waals surface area contributed by atoms with E-state index in [4.69, 9.17) is 11.6 Å². The quantitative estimate of drug-likeness (QED) is 0.620. The van der Waals surface area contributed by atoms with E-state index >= 15 is 0 Å². The maximum Gasteiger partial charge on any atom is 0.232 e. The molecule has 1 amide bonds. The Kier molecular flexibility index (Phi) is 6.85. The number of carbonyl (C=O) groups excluding carboxylic acids is 1. The highest BCUT2D eigenvalue weighted by molar-refractivity contribution is 6.31. The smallest absolute Gasteiger partial charge is 0.232 e. The lowest BCUT2D eigenvalue weighted by Crippen LogP contribution is -2.37. The zero-order valence-corrected chi connectivity index (χ0v) is 16.9. The number of carbonyl (C=O) groups is 1. The Morgan fingerprint density at radius 3 is 1.86 bits per heavy atom. The summed E-state index contributed by atoms with van der Waals surface area (Å²) in [6, 6.07) is 27.5. The van der Waals surface area contributed by atoms with Gasteiger partial charge in [-0.05, 0) is 36.9 Å². The van der Waals surface area contributed by atoms with Crippen LogP contribution in [0.3, 0.4) is 0 Å². The molecule has 4 heteroatoms. The van der Waals surface area contributed by atoms with Crippen molar-refractivity contribution in [1.82, 2.24) is 10.2 Å². The van der Waals surface area contributed by atoms with Gasteiger partial charge in [-0.25, -0.2) is 0 Å². The molecule has 3 aromatic carbocycles. The van der Waals surface area contributed by atoms with Crippen LogP contribution in [0.2, 0.25) is 5.02 Å². The number of hydrogen-bond donors (Lipinski definition) is 1. The fourth-order valence-electron chi connectivity index (χ4n) is 3.40. The summed E-state index contributed by atoms with van der Waals surface area (Å²) in [6.45, 7) is 0.478. The van der Waals surface area contributed by atoms with Crippen molar-refractivity contribution in [2.24, 2.45) is 0 Å². The molecule has 0 bridgehead atoms. The molecule has 3 nitrogen and oxygen atoms in total. The van der Waals surface area contributed by atoms with Crippen molar-refractivity contribution in [2.75, 3.05) is 20.6 Å². The largest absolute Gasteiger partial charge is 0.353 e. The van der Waals surface area contributed by atoms with Gasteiger partial charge >= 0.3 is 0 Å². The van der Waals surface area contributed by atoms with Crippen LogP contribution < -0.4 is 5.32 Å². The predicted octanol–water partition coefficient (Wildman–Crippen LogP) is 4.89. The molecule has 0 aliphatic heterocycles. The van der Waals surface area contributed by atoms with Crippen LogP contribution >= 0.6 is 11.6 Å². The highest BCUT2D eigenvalue weighted by Crippen LogP contribution is 2.27. The van der Waals surface area contributed by atoms with Gasteiger partial charge in [0, 0.05) is 11.6 Å². The minimum absolute atomic E-state index is 0.00940. The Morgan fingerprint density at radius 2 is 1.36 bits per heavy atom. The highest BCUT2D eigenvalue weighted by atomic mass is 35.5. The number of amides is 1. The number of likely N-dealkylation sites (N-methyl/N-ethyl adjacent to an activating group) is 1. The molecule has 1 unspecified atom stereocenters. The Hall–Kier alpha value is -2.62. The van der Waals surface area contributed by atoms with Gasteiger partial charge in [0.15, 0.2) is 0 Å². The third-order valence-corrected chi connectivity index (χ3v) is 5.23. The summed E-state index contributed by atoms with van der Waals surface area (Å²) in [7, 11) is 3.98. The maximum absolute atomic E-state index is 13.2. The van der Waals surface area contributed by atoms with Gasteiger partial charge in [0.05, 0.1) is 12.0 Å². The normalized spacial score (nSPS) is 12.2. The standard InChI is InChI=1S/C24H25ClN2O/c1-27(2)22(20-15-9-10-16-21(20)25)17-26-24(28)23(18-11-5-3-6-12-18)19-13-7-4-8-14-19/h3-16,22-23H,17H2,1-2H3,(H,26,28). The molecule has 0 spiro atoms. The van der Waals surface area contributed by atoms with E-state index in [1.54, 1.807) is 0 Å². The molecule has 0 heterocycles. The van der Waals surface area contributed by atoms with Gasteiger partial charge < -0.3 is 10.2 Å². The molecule has 1 atom stereocenters. The molecular weight excluding hydrogens is 368 g/mol. The number of rotatable bonds is 7. The van der Waals surface area contributed by atoms with Crippen molar-refractivity contribution in [1.29, 1.82) is 0 Å². The molecule has 28 heavy (non-hydrogen) atoms. The molecule has 3 rings (SSSR count). The van der Waals surface area contributed by atoms with Crippen LogP contribution in [-0.4, -0.2) is 31.4 Å². The predicted molar refractivity (Wildman–Crippen MR) is 116 cm³/mol. The topological polar surface area (TPSA) is 32.3 Å². The fraction of sp³-hybridized carbons (Fsp3) is 0.208. The number of benzene rings is 3. The second kappa shape index (κ2) is 9.54. The summed E-state index contributed by atoms with van der Waals surface area (Å²) in [4.78, 5) is 15.3. The summed E-state index contributed by atoms with van der Waals surface area (Å²) in [6.07, 6.45) is 0. The number of nitrogens with zero attached hydrogens (tertiary/aromatic N) is 1. The maximum atomic E-state index is 13.2. The molecule has 1 N–H and O–H groups in total. The molecular formula is C24H25ClN2O. The van der Waals surface area contributed by atoms with E-state index in [-0.39, 0.29) is 17.9 Å². The van der Waals surface area contributed by atoms with Crippen molar-refractivity contribution < 1.29 is 4.79 Å². The van der Waals surface area contributed by atoms with E-state index in [9.17, 15) is 4.79 Å². The van der Waals surface area contributed by atoms with Crippen LogP contribution in [0.15, 0.2) is 84.9 Å². The van der Waals surface area contributed by atoms with Gasteiger partial charge in [-0.15, -0.1) is 0 Å². The van der Waals surface area contributed by atoms with Crippen molar-refractivity contribution in [2.45, 2.75) is 12.0 Å². The molecule has 0 aliphatic carbocycles. The SMILES string of the molecule is CN(C)C(CNC(=O)C(c1ccccc1)c1ccccc1)c1ccccc1Cl. The van der Waals surface area contributed by atoms with Crippen molar-refractivity contribution in [3.8, 4) is 0 Å². The molecule has 0 aromatic heterocycles. The first-order chi connectivity index (χ1) is 13.6. The summed E-state index contributed by atoms with van der Waals surface area (Å²) in [5, 5.41) is 3.85. The molecule has 0 saturated carbocycles. The molecule has 0 fully saturated rings. The summed E-state index contributed by atoms with van der Waals surface area (Å²) in [5.41, 5.74) is 2.96. The minimum atomic E-state index is -0.351. The highest BCUT2D eigenvalue weighted by Gasteiger charge is 2.24. The van der Waals surface area contributed by atoms with E-state index in [1.165, 1.54) is 0 Å². The minimum Gasteiger partial charge on any atom is -0.353 e. The van der Waals surface area contributed by atoms with E-state index in [0.29, 0.717) is 11.6 Å². The Labute approximate surface area is 172 Å². The number of hydrogen-bond acceptors (Lipinski definition) is 2. The van der Waals surface area contributed by atoms with Crippen molar-refractivity contribution >= 4 is 17.5 Å². The van der Waals surface area contributed by atoms with Crippen LogP contribution in [0, 0.1) is 0 Å². The van der Waals surface area contributed by atoms with Crippen LogP contribution in [0.5, 0.6) is 0 Å². The van der Waals surface area contributed by atoms with Crippen LogP contribution in [0.1, 0.15) is 28.7 Å². The van der Waals surface area contributed by atoms with Crippen LogP contribution in [0.25, 0.3) is 0 Å². The van der Waals surface area contributed by atoms with E-state index in [0.717, 1.165) is 16.7 Å². The third kappa shape index (κ3) is 4.80. The average Bonchev–Trinajstić information content (AvgIpc) is 2.71. The Balaban J connectivity index is 1.83. The van der Waals surface area contributed by atoms with Gasteiger partial charge in [0.2, 0.25) is 5.91 Å². The van der Waals surface area contributed by atoms with Crippen LogP contribution in [0.4, 0.5) is 0 Å². The monoisotopic (exact) mass is 392 g/mol. The summed E-state index contributed by atoms with van der Waals surface area (Å²) >= 11 is 6.39. The average molecular weight is 393 g/mol. The molecule has 0 saturated heterocycles. The lowest BCUT2D eigenvalue weighted by atomic mass is 9.90. The van der Waals surface area contributed by atoms with E-state index in [1.807, 2.05) is 99.0 Å². The fourth-order valence-corrected chi connectivity index (χ4v) is 3.66. The summed E-state index contributed by atoms with van der Waals surface area (Å²) < 4.78 is 0. The van der Waals surface area contributed by atoms with Gasteiger partial charge in [0.25, 0.3) is 0 Å².